The first-order chi connectivity index (χ1) is 12.4. The number of nitrogens with two attached hydrogens (primary N) is 1. The van der Waals surface area contributed by atoms with Gasteiger partial charge in [0.1, 0.15) is 0 Å². The van der Waals surface area contributed by atoms with Gasteiger partial charge in [-0.3, -0.25) is 9.59 Å². The topological polar surface area (TPSA) is 90.0 Å². The van der Waals surface area contributed by atoms with E-state index in [-0.39, 0.29) is 11.5 Å². The van der Waals surface area contributed by atoms with Crippen molar-refractivity contribution in [1.29, 1.82) is 0 Å². The first kappa shape index (κ1) is 17.7. The maximum absolute atomic E-state index is 12.5. The number of anilines is 1. The van der Waals surface area contributed by atoms with E-state index in [1.165, 1.54) is 0 Å². The maximum atomic E-state index is 12.5. The molecule has 2 amide bonds. The molecule has 1 heterocycles. The van der Waals surface area contributed by atoms with Gasteiger partial charge in [-0.15, -0.1) is 0 Å². The Morgan fingerprint density at radius 2 is 1.73 bits per heavy atom. The lowest BCUT2D eigenvalue weighted by molar-refractivity contribution is 0.100. The number of nitrogens with zero attached hydrogens (tertiary/aromatic N) is 2. The second kappa shape index (κ2) is 7.01. The molecule has 0 radical (unpaired) electrons. The molecule has 0 saturated heterocycles. The van der Waals surface area contributed by atoms with Crippen LogP contribution >= 0.6 is 11.6 Å². The molecule has 0 saturated carbocycles. The van der Waals surface area contributed by atoms with E-state index in [0.717, 1.165) is 17.1 Å². The van der Waals surface area contributed by atoms with E-state index in [0.29, 0.717) is 16.3 Å². The van der Waals surface area contributed by atoms with Crippen molar-refractivity contribution in [1.82, 2.24) is 9.78 Å². The summed E-state index contributed by atoms with van der Waals surface area (Å²) in [4.78, 5) is 23.9. The minimum atomic E-state index is -0.599. The lowest BCUT2D eigenvalue weighted by Gasteiger charge is -2.10. The third kappa shape index (κ3) is 3.32. The molecule has 6 nitrogen and oxygen atoms in total. The molecule has 0 fully saturated rings. The van der Waals surface area contributed by atoms with Crippen LogP contribution in [-0.2, 0) is 0 Å². The summed E-state index contributed by atoms with van der Waals surface area (Å²) in [5.41, 5.74) is 8.78. The summed E-state index contributed by atoms with van der Waals surface area (Å²) < 4.78 is 1.72. The van der Waals surface area contributed by atoms with Crippen molar-refractivity contribution in [2.75, 3.05) is 5.32 Å². The molecule has 3 aromatic rings. The standard InChI is InChI=1S/C19H17ClN4O2/c1-11-17(20)12(2)24(23-11)14-9-7-13(8-10-14)19(26)22-16-6-4-3-5-15(16)18(21)25/h3-10H,1-2H3,(H2,21,25)(H,22,26). The zero-order chi connectivity index (χ0) is 18.8. The lowest BCUT2D eigenvalue weighted by atomic mass is 10.1. The lowest BCUT2D eigenvalue weighted by Crippen LogP contribution is -2.18. The van der Waals surface area contributed by atoms with Crippen LogP contribution in [0, 0.1) is 13.8 Å². The number of hydrogen-bond donors (Lipinski definition) is 2. The van der Waals surface area contributed by atoms with E-state index in [2.05, 4.69) is 10.4 Å². The quantitative estimate of drug-likeness (QED) is 0.738. The Labute approximate surface area is 155 Å². The van der Waals surface area contributed by atoms with Crippen molar-refractivity contribution in [3.05, 3.63) is 76.1 Å². The van der Waals surface area contributed by atoms with Gasteiger partial charge in [-0.25, -0.2) is 4.68 Å². The van der Waals surface area contributed by atoms with Crippen molar-refractivity contribution >= 4 is 29.1 Å². The average molecular weight is 369 g/mol. The van der Waals surface area contributed by atoms with Crippen LogP contribution < -0.4 is 11.1 Å². The van der Waals surface area contributed by atoms with Crippen molar-refractivity contribution in [2.24, 2.45) is 5.73 Å². The zero-order valence-corrected chi connectivity index (χ0v) is 15.0. The minimum Gasteiger partial charge on any atom is -0.366 e. The average Bonchev–Trinajstić information content (AvgIpc) is 2.89. The van der Waals surface area contributed by atoms with Crippen LogP contribution in [0.15, 0.2) is 48.5 Å². The Bertz CT molecular complexity index is 993. The van der Waals surface area contributed by atoms with Gasteiger partial charge < -0.3 is 11.1 Å². The molecule has 3 N–H and O–H groups in total. The number of aromatic nitrogens is 2. The normalized spacial score (nSPS) is 10.6. The molecule has 7 heteroatoms. The second-order valence-electron chi connectivity index (χ2n) is 5.81. The van der Waals surface area contributed by atoms with Gasteiger partial charge in [0, 0.05) is 5.56 Å². The van der Waals surface area contributed by atoms with Crippen molar-refractivity contribution < 1.29 is 9.59 Å². The maximum Gasteiger partial charge on any atom is 0.255 e. The molecule has 1 aromatic heterocycles. The third-order valence-corrected chi connectivity index (χ3v) is 4.56. The minimum absolute atomic E-state index is 0.259. The van der Waals surface area contributed by atoms with Crippen molar-refractivity contribution in [2.45, 2.75) is 13.8 Å². The van der Waals surface area contributed by atoms with Crippen LogP contribution in [0.5, 0.6) is 0 Å². The molecule has 0 aliphatic carbocycles. The van der Waals surface area contributed by atoms with Gasteiger partial charge in [-0.1, -0.05) is 23.7 Å². The summed E-state index contributed by atoms with van der Waals surface area (Å²) in [5, 5.41) is 7.72. The van der Waals surface area contributed by atoms with Crippen LogP contribution in [0.3, 0.4) is 0 Å². The molecule has 26 heavy (non-hydrogen) atoms. The number of rotatable bonds is 4. The fourth-order valence-electron chi connectivity index (χ4n) is 2.63. The predicted octanol–water partition coefficient (Wildman–Crippen LogP) is 3.49. The first-order valence-electron chi connectivity index (χ1n) is 7.91. The Balaban J connectivity index is 1.84. The number of carbonyl (C=O) groups is 2. The summed E-state index contributed by atoms with van der Waals surface area (Å²) in [6, 6.07) is 13.5. The van der Waals surface area contributed by atoms with E-state index in [1.807, 2.05) is 13.8 Å². The van der Waals surface area contributed by atoms with Crippen LogP contribution in [0.1, 0.15) is 32.1 Å². The number of halogens is 1. The summed E-state index contributed by atoms with van der Waals surface area (Å²) in [5.74, 6) is -0.936. The number of hydrogen-bond acceptors (Lipinski definition) is 3. The second-order valence-corrected chi connectivity index (χ2v) is 6.19. The number of primary amides is 1. The Morgan fingerprint density at radius 3 is 2.31 bits per heavy atom. The summed E-state index contributed by atoms with van der Waals surface area (Å²) in [6.45, 7) is 3.72. The number of nitrogens with one attached hydrogen (secondary N) is 1. The molecular weight excluding hydrogens is 352 g/mol. The summed E-state index contributed by atoms with van der Waals surface area (Å²) in [6.07, 6.45) is 0. The van der Waals surface area contributed by atoms with Crippen LogP contribution in [0.25, 0.3) is 5.69 Å². The molecule has 0 aliphatic heterocycles. The molecule has 0 spiro atoms. The molecule has 2 aromatic carbocycles. The Kier molecular flexibility index (Phi) is 4.77. The largest absolute Gasteiger partial charge is 0.366 e. The fraction of sp³-hybridized carbons (Fsp3) is 0.105. The summed E-state index contributed by atoms with van der Waals surface area (Å²) in [7, 11) is 0. The van der Waals surface area contributed by atoms with E-state index >= 15 is 0 Å². The first-order valence-corrected chi connectivity index (χ1v) is 8.28. The number of carbonyl (C=O) groups excluding carboxylic acids is 2. The van der Waals surface area contributed by atoms with Crippen molar-refractivity contribution in [3.63, 3.8) is 0 Å². The number of benzene rings is 2. The van der Waals surface area contributed by atoms with E-state index < -0.39 is 5.91 Å². The van der Waals surface area contributed by atoms with Crippen LogP contribution in [0.4, 0.5) is 5.69 Å². The SMILES string of the molecule is Cc1nn(-c2ccc(C(=O)Nc3ccccc3C(N)=O)cc2)c(C)c1Cl. The molecule has 132 valence electrons. The van der Waals surface area contributed by atoms with Crippen LogP contribution in [0.2, 0.25) is 5.02 Å². The number of amides is 2. The van der Waals surface area contributed by atoms with E-state index in [9.17, 15) is 9.59 Å². The number of aryl methyl sites for hydroxylation is 1. The Morgan fingerprint density at radius 1 is 1.08 bits per heavy atom. The molecule has 0 aliphatic rings. The highest BCUT2D eigenvalue weighted by Crippen LogP contribution is 2.23. The highest BCUT2D eigenvalue weighted by molar-refractivity contribution is 6.31. The molecule has 0 unspecified atom stereocenters. The number of para-hydroxylation sites is 1. The fourth-order valence-corrected chi connectivity index (χ4v) is 2.75. The van der Waals surface area contributed by atoms with E-state index in [1.54, 1.807) is 53.2 Å². The van der Waals surface area contributed by atoms with Gasteiger partial charge in [0.15, 0.2) is 0 Å². The van der Waals surface area contributed by atoms with Crippen LogP contribution in [-0.4, -0.2) is 21.6 Å². The van der Waals surface area contributed by atoms with Crippen molar-refractivity contribution in [3.8, 4) is 5.69 Å². The molecule has 0 atom stereocenters. The van der Waals surface area contributed by atoms with Gasteiger partial charge in [0.05, 0.1) is 33.3 Å². The third-order valence-electron chi connectivity index (χ3n) is 4.02. The van der Waals surface area contributed by atoms with Gasteiger partial charge in [-0.05, 0) is 50.2 Å². The van der Waals surface area contributed by atoms with Gasteiger partial charge in [0.2, 0.25) is 0 Å². The molecule has 3 rings (SSSR count). The Hall–Kier alpha value is -3.12. The molecule has 0 bridgehead atoms. The molecular formula is C19H17ClN4O2. The highest BCUT2D eigenvalue weighted by atomic mass is 35.5. The predicted molar refractivity (Wildman–Crippen MR) is 101 cm³/mol. The van der Waals surface area contributed by atoms with E-state index in [4.69, 9.17) is 17.3 Å². The van der Waals surface area contributed by atoms with Gasteiger partial charge in [0.25, 0.3) is 11.8 Å². The van der Waals surface area contributed by atoms with Gasteiger partial charge in [-0.2, -0.15) is 5.10 Å². The summed E-state index contributed by atoms with van der Waals surface area (Å²) >= 11 is 6.18. The smallest absolute Gasteiger partial charge is 0.255 e. The zero-order valence-electron chi connectivity index (χ0n) is 14.3. The monoisotopic (exact) mass is 368 g/mol. The highest BCUT2D eigenvalue weighted by Gasteiger charge is 2.14. The van der Waals surface area contributed by atoms with Gasteiger partial charge >= 0.3 is 0 Å².